The van der Waals surface area contributed by atoms with Crippen LogP contribution in [0.15, 0.2) is 36.9 Å². The Morgan fingerprint density at radius 1 is 1.30 bits per heavy atom. The Labute approximate surface area is 137 Å². The minimum atomic E-state index is 0.556. The summed E-state index contributed by atoms with van der Waals surface area (Å²) in [5, 5.41) is 5.46. The van der Waals surface area contributed by atoms with Gasteiger partial charge in [-0.05, 0) is 18.1 Å². The standard InChI is InChI=1S/C17H17N5S/c1-10(2)6-20-17-21-9-13-12(8-19-16(13)22-17)15-5-11-7-18-4-3-14(11)23-15/h3-5,7-10H,6H2,1-2H3,(H2,19,20,21,22). The largest absolute Gasteiger partial charge is 0.354 e. The van der Waals surface area contributed by atoms with Crippen LogP contribution in [0.4, 0.5) is 5.95 Å². The summed E-state index contributed by atoms with van der Waals surface area (Å²) in [6, 6.07) is 4.21. The van der Waals surface area contributed by atoms with Crippen molar-refractivity contribution in [2.24, 2.45) is 5.92 Å². The first-order chi connectivity index (χ1) is 11.2. The number of hydrogen-bond acceptors (Lipinski definition) is 5. The third-order valence-electron chi connectivity index (χ3n) is 3.68. The van der Waals surface area contributed by atoms with Gasteiger partial charge in [-0.3, -0.25) is 4.98 Å². The summed E-state index contributed by atoms with van der Waals surface area (Å²) in [6.07, 6.45) is 7.62. The van der Waals surface area contributed by atoms with Gasteiger partial charge in [-0.1, -0.05) is 13.8 Å². The van der Waals surface area contributed by atoms with Crippen molar-refractivity contribution in [2.45, 2.75) is 13.8 Å². The number of rotatable bonds is 4. The first-order valence-electron chi connectivity index (χ1n) is 7.62. The Balaban J connectivity index is 1.73. The summed E-state index contributed by atoms with van der Waals surface area (Å²) in [6.45, 7) is 5.19. The van der Waals surface area contributed by atoms with E-state index < -0.39 is 0 Å². The summed E-state index contributed by atoms with van der Waals surface area (Å²) in [7, 11) is 0. The molecule has 23 heavy (non-hydrogen) atoms. The molecule has 0 saturated heterocycles. The highest BCUT2D eigenvalue weighted by Crippen LogP contribution is 2.36. The van der Waals surface area contributed by atoms with Crippen LogP contribution in [0, 0.1) is 5.92 Å². The molecule has 4 heterocycles. The highest BCUT2D eigenvalue weighted by atomic mass is 32.1. The van der Waals surface area contributed by atoms with E-state index in [2.05, 4.69) is 45.2 Å². The molecular formula is C17H17N5S. The number of anilines is 1. The lowest BCUT2D eigenvalue weighted by Gasteiger charge is -2.06. The van der Waals surface area contributed by atoms with Gasteiger partial charge in [-0.25, -0.2) is 4.98 Å². The van der Waals surface area contributed by atoms with Gasteiger partial charge >= 0.3 is 0 Å². The fourth-order valence-corrected chi connectivity index (χ4v) is 3.57. The van der Waals surface area contributed by atoms with E-state index in [9.17, 15) is 0 Å². The van der Waals surface area contributed by atoms with Crippen molar-refractivity contribution in [1.29, 1.82) is 0 Å². The molecule has 5 nitrogen and oxygen atoms in total. The SMILES string of the molecule is CC(C)CNc1ncc2c(-c3cc4cnccc4s3)c[nH]c2n1. The number of H-pyrrole nitrogens is 1. The van der Waals surface area contributed by atoms with Crippen molar-refractivity contribution >= 4 is 38.4 Å². The number of aromatic nitrogens is 4. The van der Waals surface area contributed by atoms with Gasteiger partial charge in [0.25, 0.3) is 0 Å². The lowest BCUT2D eigenvalue weighted by molar-refractivity contribution is 0.685. The summed E-state index contributed by atoms with van der Waals surface area (Å²) in [5.41, 5.74) is 1.99. The van der Waals surface area contributed by atoms with Gasteiger partial charge in [0, 0.05) is 57.2 Å². The van der Waals surface area contributed by atoms with E-state index >= 15 is 0 Å². The monoisotopic (exact) mass is 323 g/mol. The number of nitrogens with one attached hydrogen (secondary N) is 2. The summed E-state index contributed by atoms with van der Waals surface area (Å²) in [5.74, 6) is 1.22. The molecule has 0 atom stereocenters. The minimum Gasteiger partial charge on any atom is -0.354 e. The van der Waals surface area contributed by atoms with Crippen molar-refractivity contribution in [2.75, 3.05) is 11.9 Å². The molecule has 0 amide bonds. The molecule has 0 radical (unpaired) electrons. The predicted molar refractivity (Wildman–Crippen MR) is 95.8 cm³/mol. The number of nitrogens with zero attached hydrogens (tertiary/aromatic N) is 3. The van der Waals surface area contributed by atoms with Crippen LogP contribution in [0.3, 0.4) is 0 Å². The van der Waals surface area contributed by atoms with E-state index in [1.807, 2.05) is 30.9 Å². The van der Waals surface area contributed by atoms with Gasteiger partial charge < -0.3 is 10.3 Å². The smallest absolute Gasteiger partial charge is 0.224 e. The Kier molecular flexibility index (Phi) is 3.46. The third-order valence-corrected chi connectivity index (χ3v) is 4.83. The number of thiophene rings is 1. The zero-order valence-corrected chi connectivity index (χ0v) is 13.8. The predicted octanol–water partition coefficient (Wildman–Crippen LogP) is 4.30. The van der Waals surface area contributed by atoms with Crippen LogP contribution >= 0.6 is 11.3 Å². The summed E-state index contributed by atoms with van der Waals surface area (Å²) in [4.78, 5) is 17.6. The second kappa shape index (κ2) is 5.62. The molecule has 0 aliphatic heterocycles. The van der Waals surface area contributed by atoms with Crippen molar-refractivity contribution in [3.63, 3.8) is 0 Å². The highest BCUT2D eigenvalue weighted by molar-refractivity contribution is 7.22. The van der Waals surface area contributed by atoms with Crippen LogP contribution in [-0.2, 0) is 0 Å². The van der Waals surface area contributed by atoms with Crippen molar-refractivity contribution in [1.82, 2.24) is 19.9 Å². The third kappa shape index (κ3) is 2.66. The summed E-state index contributed by atoms with van der Waals surface area (Å²) >= 11 is 1.76. The van der Waals surface area contributed by atoms with Crippen molar-refractivity contribution in [3.8, 4) is 10.4 Å². The maximum atomic E-state index is 4.56. The maximum absolute atomic E-state index is 4.56. The van der Waals surface area contributed by atoms with Crippen LogP contribution in [0.25, 0.3) is 31.6 Å². The topological polar surface area (TPSA) is 66.5 Å². The van der Waals surface area contributed by atoms with Crippen LogP contribution in [0.5, 0.6) is 0 Å². The molecule has 0 spiro atoms. The molecular weight excluding hydrogens is 306 g/mol. The van der Waals surface area contributed by atoms with Gasteiger partial charge in [0.05, 0.1) is 0 Å². The Hall–Kier alpha value is -2.47. The Morgan fingerprint density at radius 3 is 3.04 bits per heavy atom. The van der Waals surface area contributed by atoms with E-state index in [-0.39, 0.29) is 0 Å². The van der Waals surface area contributed by atoms with E-state index in [4.69, 9.17) is 0 Å². The molecule has 0 bridgehead atoms. The van der Waals surface area contributed by atoms with Crippen LogP contribution in [-0.4, -0.2) is 26.5 Å². The van der Waals surface area contributed by atoms with Gasteiger partial charge in [0.15, 0.2) is 0 Å². The fourth-order valence-electron chi connectivity index (χ4n) is 2.51. The molecule has 0 aromatic carbocycles. The van der Waals surface area contributed by atoms with E-state index in [0.29, 0.717) is 11.9 Å². The molecule has 4 aromatic rings. The molecule has 4 rings (SSSR count). The average Bonchev–Trinajstić information content (AvgIpc) is 3.15. The number of aromatic amines is 1. The Bertz CT molecular complexity index is 936. The second-order valence-electron chi connectivity index (χ2n) is 5.96. The number of hydrogen-bond donors (Lipinski definition) is 2. The highest BCUT2D eigenvalue weighted by Gasteiger charge is 2.11. The van der Waals surface area contributed by atoms with Crippen molar-refractivity contribution < 1.29 is 0 Å². The molecule has 0 aliphatic carbocycles. The average molecular weight is 323 g/mol. The molecule has 0 saturated carbocycles. The van der Waals surface area contributed by atoms with Gasteiger partial charge in [-0.15, -0.1) is 11.3 Å². The lowest BCUT2D eigenvalue weighted by atomic mass is 10.2. The summed E-state index contributed by atoms with van der Waals surface area (Å²) < 4.78 is 1.24. The number of fused-ring (bicyclic) bond motifs is 2. The molecule has 0 fully saturated rings. The zero-order chi connectivity index (χ0) is 15.8. The minimum absolute atomic E-state index is 0.556. The molecule has 6 heteroatoms. The molecule has 116 valence electrons. The normalized spacial score (nSPS) is 11.6. The van der Waals surface area contributed by atoms with Gasteiger partial charge in [0.2, 0.25) is 5.95 Å². The Morgan fingerprint density at radius 2 is 2.22 bits per heavy atom. The molecule has 0 unspecified atom stereocenters. The zero-order valence-electron chi connectivity index (χ0n) is 13.0. The van der Waals surface area contributed by atoms with Gasteiger partial charge in [0.1, 0.15) is 5.65 Å². The molecule has 4 aromatic heterocycles. The lowest BCUT2D eigenvalue weighted by Crippen LogP contribution is -2.10. The second-order valence-corrected chi connectivity index (χ2v) is 7.04. The first kappa shape index (κ1) is 14.1. The van der Waals surface area contributed by atoms with E-state index in [1.165, 1.54) is 9.58 Å². The molecule has 0 aliphatic rings. The van der Waals surface area contributed by atoms with Crippen LogP contribution in [0.2, 0.25) is 0 Å². The van der Waals surface area contributed by atoms with Crippen LogP contribution in [0.1, 0.15) is 13.8 Å². The fraction of sp³-hybridized carbons (Fsp3) is 0.235. The first-order valence-corrected chi connectivity index (χ1v) is 8.44. The van der Waals surface area contributed by atoms with E-state index in [0.717, 1.165) is 28.5 Å². The number of pyridine rings is 1. The van der Waals surface area contributed by atoms with Gasteiger partial charge in [-0.2, -0.15) is 4.98 Å². The quantitative estimate of drug-likeness (QED) is 0.587. The van der Waals surface area contributed by atoms with Crippen molar-refractivity contribution in [3.05, 3.63) is 36.9 Å². The maximum Gasteiger partial charge on any atom is 0.224 e. The molecule has 2 N–H and O–H groups in total. The van der Waals surface area contributed by atoms with E-state index in [1.54, 1.807) is 11.3 Å². The van der Waals surface area contributed by atoms with Crippen LogP contribution < -0.4 is 5.32 Å².